The van der Waals surface area contributed by atoms with Crippen LogP contribution < -0.4 is 14.8 Å². The first kappa shape index (κ1) is 17.3. The van der Waals surface area contributed by atoms with Gasteiger partial charge in [0, 0.05) is 19.8 Å². The highest BCUT2D eigenvalue weighted by molar-refractivity contribution is 5.81. The standard InChI is InChI=1S/C16H25NO4/c1-4-15(16(18)17-11-6-12-20-5-2)21-14-9-7-13(19-3)8-10-14/h7-10,15H,4-6,11-12H2,1-3H3,(H,17,18)/t15-/m0/s1. The molecule has 0 fully saturated rings. The Morgan fingerprint density at radius 2 is 1.86 bits per heavy atom. The first-order valence-electron chi connectivity index (χ1n) is 7.37. The summed E-state index contributed by atoms with van der Waals surface area (Å²) in [6.07, 6.45) is 0.937. The van der Waals surface area contributed by atoms with Crippen LogP contribution in [0.3, 0.4) is 0 Å². The molecule has 0 saturated heterocycles. The first-order valence-corrected chi connectivity index (χ1v) is 7.37. The fraction of sp³-hybridized carbons (Fsp3) is 0.562. The molecule has 5 heteroatoms. The summed E-state index contributed by atoms with van der Waals surface area (Å²) in [6, 6.07) is 7.21. The zero-order valence-electron chi connectivity index (χ0n) is 13.1. The van der Waals surface area contributed by atoms with Crippen molar-refractivity contribution in [3.8, 4) is 11.5 Å². The van der Waals surface area contributed by atoms with Gasteiger partial charge < -0.3 is 19.5 Å². The van der Waals surface area contributed by atoms with Crippen molar-refractivity contribution in [1.29, 1.82) is 0 Å². The van der Waals surface area contributed by atoms with E-state index in [0.717, 1.165) is 12.2 Å². The number of ether oxygens (including phenoxy) is 3. The molecule has 0 aliphatic heterocycles. The normalized spacial score (nSPS) is 11.8. The molecule has 21 heavy (non-hydrogen) atoms. The van der Waals surface area contributed by atoms with Gasteiger partial charge in [0.2, 0.25) is 0 Å². The number of hydrogen-bond donors (Lipinski definition) is 1. The van der Waals surface area contributed by atoms with Crippen molar-refractivity contribution in [1.82, 2.24) is 5.32 Å². The number of methoxy groups -OCH3 is 1. The molecular weight excluding hydrogens is 270 g/mol. The number of benzene rings is 1. The smallest absolute Gasteiger partial charge is 0.261 e. The predicted octanol–water partition coefficient (Wildman–Crippen LogP) is 2.40. The summed E-state index contributed by atoms with van der Waals surface area (Å²) in [5.74, 6) is 1.33. The molecule has 0 unspecified atom stereocenters. The summed E-state index contributed by atoms with van der Waals surface area (Å²) in [5.41, 5.74) is 0. The van der Waals surface area contributed by atoms with Gasteiger partial charge in [-0.25, -0.2) is 0 Å². The van der Waals surface area contributed by atoms with E-state index >= 15 is 0 Å². The van der Waals surface area contributed by atoms with Gasteiger partial charge in [0.15, 0.2) is 6.10 Å². The van der Waals surface area contributed by atoms with Crippen LogP contribution in [0.4, 0.5) is 0 Å². The molecule has 5 nitrogen and oxygen atoms in total. The number of nitrogens with one attached hydrogen (secondary N) is 1. The van der Waals surface area contributed by atoms with Crippen molar-refractivity contribution in [3.63, 3.8) is 0 Å². The van der Waals surface area contributed by atoms with Crippen LogP contribution in [0.5, 0.6) is 11.5 Å². The molecule has 0 saturated carbocycles. The zero-order chi connectivity index (χ0) is 15.5. The van der Waals surface area contributed by atoms with E-state index in [9.17, 15) is 4.79 Å². The van der Waals surface area contributed by atoms with Gasteiger partial charge in [-0.3, -0.25) is 4.79 Å². The van der Waals surface area contributed by atoms with E-state index in [2.05, 4.69) is 5.32 Å². The summed E-state index contributed by atoms with van der Waals surface area (Å²) in [5, 5.41) is 2.87. The largest absolute Gasteiger partial charge is 0.497 e. The van der Waals surface area contributed by atoms with Gasteiger partial charge in [0.25, 0.3) is 5.91 Å². The average molecular weight is 295 g/mol. The van der Waals surface area contributed by atoms with Crippen molar-refractivity contribution < 1.29 is 19.0 Å². The lowest BCUT2D eigenvalue weighted by molar-refractivity contribution is -0.128. The molecule has 1 amide bonds. The Hall–Kier alpha value is -1.75. The Kier molecular flexibility index (Phi) is 8.28. The van der Waals surface area contributed by atoms with Crippen LogP contribution in [-0.4, -0.2) is 38.9 Å². The van der Waals surface area contributed by atoms with Crippen molar-refractivity contribution in [2.75, 3.05) is 26.9 Å². The van der Waals surface area contributed by atoms with Gasteiger partial charge in [-0.15, -0.1) is 0 Å². The molecule has 0 bridgehead atoms. The second-order valence-electron chi connectivity index (χ2n) is 4.53. The van der Waals surface area contributed by atoms with Crippen molar-refractivity contribution in [2.24, 2.45) is 0 Å². The number of carbonyl (C=O) groups is 1. The van der Waals surface area contributed by atoms with Crippen LogP contribution >= 0.6 is 0 Å². The maximum absolute atomic E-state index is 12.0. The second-order valence-corrected chi connectivity index (χ2v) is 4.53. The SMILES string of the molecule is CCOCCCNC(=O)[C@H](CC)Oc1ccc(OC)cc1. The molecule has 0 radical (unpaired) electrons. The minimum absolute atomic E-state index is 0.0928. The lowest BCUT2D eigenvalue weighted by Crippen LogP contribution is -2.38. The van der Waals surface area contributed by atoms with Crippen molar-refractivity contribution >= 4 is 5.91 Å². The Balaban J connectivity index is 2.39. The Morgan fingerprint density at radius 1 is 1.19 bits per heavy atom. The lowest BCUT2D eigenvalue weighted by atomic mass is 10.2. The van der Waals surface area contributed by atoms with E-state index in [0.29, 0.717) is 31.9 Å². The average Bonchev–Trinajstić information content (AvgIpc) is 2.52. The molecule has 1 rings (SSSR count). The lowest BCUT2D eigenvalue weighted by Gasteiger charge is -2.17. The Morgan fingerprint density at radius 3 is 2.43 bits per heavy atom. The second kappa shape index (κ2) is 10.0. The minimum Gasteiger partial charge on any atom is -0.497 e. The Bertz CT molecular complexity index is 405. The van der Waals surface area contributed by atoms with Crippen LogP contribution in [0.2, 0.25) is 0 Å². The molecule has 1 N–H and O–H groups in total. The van der Waals surface area contributed by atoms with Crippen LogP contribution in [0.15, 0.2) is 24.3 Å². The molecule has 1 aromatic carbocycles. The van der Waals surface area contributed by atoms with E-state index in [4.69, 9.17) is 14.2 Å². The van der Waals surface area contributed by atoms with Crippen LogP contribution in [-0.2, 0) is 9.53 Å². The highest BCUT2D eigenvalue weighted by Crippen LogP contribution is 2.18. The van der Waals surface area contributed by atoms with Crippen LogP contribution in [0.1, 0.15) is 26.7 Å². The maximum Gasteiger partial charge on any atom is 0.261 e. The quantitative estimate of drug-likeness (QED) is 0.673. The van der Waals surface area contributed by atoms with E-state index in [1.165, 1.54) is 0 Å². The van der Waals surface area contributed by atoms with Crippen LogP contribution in [0.25, 0.3) is 0 Å². The van der Waals surface area contributed by atoms with E-state index in [-0.39, 0.29) is 5.91 Å². The predicted molar refractivity (Wildman–Crippen MR) is 81.8 cm³/mol. The molecule has 0 heterocycles. The van der Waals surface area contributed by atoms with E-state index < -0.39 is 6.10 Å². The summed E-state index contributed by atoms with van der Waals surface area (Å²) < 4.78 is 16.0. The van der Waals surface area contributed by atoms with E-state index in [1.807, 2.05) is 26.0 Å². The van der Waals surface area contributed by atoms with Gasteiger partial charge in [-0.1, -0.05) is 6.92 Å². The molecule has 1 atom stereocenters. The molecular formula is C16H25NO4. The molecule has 118 valence electrons. The van der Waals surface area contributed by atoms with Gasteiger partial charge in [0.05, 0.1) is 7.11 Å². The summed E-state index contributed by atoms with van der Waals surface area (Å²) in [6.45, 7) is 5.84. The third kappa shape index (κ3) is 6.49. The highest BCUT2D eigenvalue weighted by Gasteiger charge is 2.17. The molecule has 0 aliphatic carbocycles. The topological polar surface area (TPSA) is 56.8 Å². The molecule has 0 aliphatic rings. The molecule has 1 aromatic rings. The summed E-state index contributed by atoms with van der Waals surface area (Å²) in [4.78, 5) is 12.0. The summed E-state index contributed by atoms with van der Waals surface area (Å²) >= 11 is 0. The Labute approximate surface area is 126 Å². The minimum atomic E-state index is -0.481. The first-order chi connectivity index (χ1) is 10.2. The van der Waals surface area contributed by atoms with Gasteiger partial charge in [-0.2, -0.15) is 0 Å². The van der Waals surface area contributed by atoms with Crippen molar-refractivity contribution in [3.05, 3.63) is 24.3 Å². The monoisotopic (exact) mass is 295 g/mol. The highest BCUT2D eigenvalue weighted by atomic mass is 16.5. The van der Waals surface area contributed by atoms with Crippen LogP contribution in [0, 0.1) is 0 Å². The number of carbonyl (C=O) groups excluding carboxylic acids is 1. The van der Waals surface area contributed by atoms with Crippen molar-refractivity contribution in [2.45, 2.75) is 32.8 Å². The van der Waals surface area contributed by atoms with Gasteiger partial charge in [0.1, 0.15) is 11.5 Å². The van der Waals surface area contributed by atoms with Gasteiger partial charge >= 0.3 is 0 Å². The third-order valence-electron chi connectivity index (χ3n) is 2.97. The number of hydrogen-bond acceptors (Lipinski definition) is 4. The molecule has 0 spiro atoms. The fourth-order valence-corrected chi connectivity index (χ4v) is 1.78. The fourth-order valence-electron chi connectivity index (χ4n) is 1.78. The zero-order valence-corrected chi connectivity index (χ0v) is 13.1. The van der Waals surface area contributed by atoms with Gasteiger partial charge in [-0.05, 0) is 44.0 Å². The summed E-state index contributed by atoms with van der Waals surface area (Å²) in [7, 11) is 1.61. The number of rotatable bonds is 10. The van der Waals surface area contributed by atoms with E-state index in [1.54, 1.807) is 19.2 Å². The molecule has 0 aromatic heterocycles. The third-order valence-corrected chi connectivity index (χ3v) is 2.97. The number of amides is 1. The maximum atomic E-state index is 12.0.